The molecule has 2 atom stereocenters. The highest BCUT2D eigenvalue weighted by molar-refractivity contribution is 5.26. The second-order valence-electron chi connectivity index (χ2n) is 4.94. The van der Waals surface area contributed by atoms with E-state index in [0.29, 0.717) is 0 Å². The molecule has 0 saturated heterocycles. The third-order valence-corrected chi connectivity index (χ3v) is 3.60. The zero-order valence-corrected chi connectivity index (χ0v) is 12.1. The summed E-state index contributed by atoms with van der Waals surface area (Å²) < 4.78 is 5.15. The van der Waals surface area contributed by atoms with Gasteiger partial charge in [-0.1, -0.05) is 27.2 Å². The van der Waals surface area contributed by atoms with Crippen LogP contribution in [-0.4, -0.2) is 12.1 Å². The molecule has 0 saturated carbocycles. The number of aromatic nitrogens is 1. The Labute approximate surface area is 111 Å². The molecule has 2 unspecified atom stereocenters. The van der Waals surface area contributed by atoms with Crippen molar-refractivity contribution in [3.63, 3.8) is 0 Å². The number of nitrogens with two attached hydrogens (primary N) is 1. The number of aryl methyl sites for hydroxylation is 2. The topological polar surface area (TPSA) is 48.1 Å². The van der Waals surface area contributed by atoms with Crippen molar-refractivity contribution < 1.29 is 4.74 Å². The van der Waals surface area contributed by atoms with Crippen molar-refractivity contribution in [2.45, 2.75) is 52.7 Å². The van der Waals surface area contributed by atoms with Gasteiger partial charge >= 0.3 is 0 Å². The monoisotopic (exact) mass is 250 g/mol. The minimum absolute atomic E-state index is 0.370. The Hall–Kier alpha value is -0.930. The van der Waals surface area contributed by atoms with E-state index in [-0.39, 0.29) is 6.23 Å². The summed E-state index contributed by atoms with van der Waals surface area (Å²) in [5, 5.41) is 0. The van der Waals surface area contributed by atoms with Crippen molar-refractivity contribution in [3.05, 3.63) is 29.1 Å². The second kappa shape index (κ2) is 7.49. The Bertz CT molecular complexity index is 366. The lowest BCUT2D eigenvalue weighted by molar-refractivity contribution is 0.109. The third kappa shape index (κ3) is 4.07. The molecule has 1 rings (SSSR count). The van der Waals surface area contributed by atoms with E-state index >= 15 is 0 Å². The summed E-state index contributed by atoms with van der Waals surface area (Å²) in [4.78, 5) is 4.51. The first-order chi connectivity index (χ1) is 8.62. The fraction of sp³-hybridized carbons (Fsp3) is 0.667. The molecule has 0 aromatic carbocycles. The van der Waals surface area contributed by atoms with Gasteiger partial charge in [0.15, 0.2) is 0 Å². The molecule has 1 aromatic heterocycles. The summed E-state index contributed by atoms with van der Waals surface area (Å²) in [6, 6.07) is 2.16. The van der Waals surface area contributed by atoms with Crippen LogP contribution in [0.2, 0.25) is 0 Å². The maximum Gasteiger partial charge on any atom is 0.132 e. The van der Waals surface area contributed by atoms with Crippen molar-refractivity contribution in [1.29, 1.82) is 0 Å². The minimum atomic E-state index is -0.370. The summed E-state index contributed by atoms with van der Waals surface area (Å²) in [5.41, 5.74) is 9.35. The third-order valence-electron chi connectivity index (χ3n) is 3.60. The Morgan fingerprint density at radius 3 is 2.67 bits per heavy atom. The maximum absolute atomic E-state index is 5.87. The van der Waals surface area contributed by atoms with Crippen LogP contribution in [0.15, 0.2) is 12.3 Å². The number of pyridine rings is 1. The molecule has 0 bridgehead atoms. The highest BCUT2D eigenvalue weighted by Gasteiger charge is 2.10. The average molecular weight is 250 g/mol. The molecule has 102 valence electrons. The van der Waals surface area contributed by atoms with Gasteiger partial charge in [0.2, 0.25) is 0 Å². The Balaban J connectivity index is 2.85. The van der Waals surface area contributed by atoms with Crippen LogP contribution in [0.5, 0.6) is 0 Å². The standard InChI is InChI=1S/C15H26N2O/c1-5-11(3)7-8-12-9-13(15(16)18-4)10-17-14(12)6-2/h9-11,15H,5-8,16H2,1-4H3. The van der Waals surface area contributed by atoms with E-state index in [1.165, 1.54) is 24.1 Å². The van der Waals surface area contributed by atoms with Crippen LogP contribution < -0.4 is 5.73 Å². The predicted octanol–water partition coefficient (Wildman–Crippen LogP) is 3.23. The first kappa shape index (κ1) is 15.1. The normalized spacial score (nSPS) is 14.5. The number of hydrogen-bond acceptors (Lipinski definition) is 3. The van der Waals surface area contributed by atoms with E-state index in [9.17, 15) is 0 Å². The predicted molar refractivity (Wildman–Crippen MR) is 75.3 cm³/mol. The lowest BCUT2D eigenvalue weighted by Crippen LogP contribution is -2.14. The van der Waals surface area contributed by atoms with Crippen molar-refractivity contribution in [3.8, 4) is 0 Å². The molecule has 0 spiro atoms. The van der Waals surface area contributed by atoms with Gasteiger partial charge in [0, 0.05) is 24.6 Å². The second-order valence-corrected chi connectivity index (χ2v) is 4.94. The van der Waals surface area contributed by atoms with Crippen LogP contribution in [0, 0.1) is 5.92 Å². The smallest absolute Gasteiger partial charge is 0.132 e. The fourth-order valence-corrected chi connectivity index (χ4v) is 1.99. The Morgan fingerprint density at radius 1 is 1.39 bits per heavy atom. The van der Waals surface area contributed by atoms with Gasteiger partial charge in [-0.3, -0.25) is 4.98 Å². The quantitative estimate of drug-likeness (QED) is 0.756. The number of nitrogens with zero attached hydrogens (tertiary/aromatic N) is 1. The molecule has 3 heteroatoms. The number of methoxy groups -OCH3 is 1. The molecule has 0 aliphatic rings. The molecule has 0 amide bonds. The van der Waals surface area contributed by atoms with Crippen LogP contribution >= 0.6 is 0 Å². The lowest BCUT2D eigenvalue weighted by atomic mass is 9.96. The van der Waals surface area contributed by atoms with Gasteiger partial charge in [-0.2, -0.15) is 0 Å². The fourth-order valence-electron chi connectivity index (χ4n) is 1.99. The zero-order valence-electron chi connectivity index (χ0n) is 12.1. The van der Waals surface area contributed by atoms with E-state index in [1.807, 2.05) is 6.20 Å². The molecular weight excluding hydrogens is 224 g/mol. The minimum Gasteiger partial charge on any atom is -0.362 e. The number of hydrogen-bond donors (Lipinski definition) is 1. The highest BCUT2D eigenvalue weighted by Crippen LogP contribution is 2.19. The van der Waals surface area contributed by atoms with Crippen molar-refractivity contribution in [2.75, 3.05) is 7.11 Å². The summed E-state index contributed by atoms with van der Waals surface area (Å²) in [7, 11) is 1.62. The summed E-state index contributed by atoms with van der Waals surface area (Å²) >= 11 is 0. The molecule has 0 fully saturated rings. The van der Waals surface area contributed by atoms with Crippen LogP contribution in [-0.2, 0) is 17.6 Å². The summed E-state index contributed by atoms with van der Waals surface area (Å²) in [6.07, 6.45) is 5.95. The SMILES string of the molecule is CCc1ncc(C(N)OC)cc1CCC(C)CC. The van der Waals surface area contributed by atoms with E-state index in [2.05, 4.69) is 31.8 Å². The molecular formula is C15H26N2O. The molecule has 18 heavy (non-hydrogen) atoms. The largest absolute Gasteiger partial charge is 0.362 e. The molecule has 1 heterocycles. The number of rotatable bonds is 7. The molecule has 2 N–H and O–H groups in total. The molecule has 0 aliphatic heterocycles. The summed E-state index contributed by atoms with van der Waals surface area (Å²) in [5.74, 6) is 0.759. The first-order valence-corrected chi connectivity index (χ1v) is 6.88. The van der Waals surface area contributed by atoms with Crippen LogP contribution in [0.4, 0.5) is 0 Å². The zero-order chi connectivity index (χ0) is 13.5. The van der Waals surface area contributed by atoms with Gasteiger partial charge in [0.25, 0.3) is 0 Å². The van der Waals surface area contributed by atoms with E-state index < -0.39 is 0 Å². The molecule has 1 aromatic rings. The van der Waals surface area contributed by atoms with Gasteiger partial charge in [-0.05, 0) is 36.8 Å². The number of ether oxygens (including phenoxy) is 1. The Kier molecular flexibility index (Phi) is 6.30. The van der Waals surface area contributed by atoms with E-state index in [1.54, 1.807) is 7.11 Å². The van der Waals surface area contributed by atoms with E-state index in [4.69, 9.17) is 10.5 Å². The maximum atomic E-state index is 5.87. The van der Waals surface area contributed by atoms with Crippen LogP contribution in [0.3, 0.4) is 0 Å². The van der Waals surface area contributed by atoms with Gasteiger partial charge in [0.05, 0.1) is 0 Å². The van der Waals surface area contributed by atoms with Crippen molar-refractivity contribution >= 4 is 0 Å². The van der Waals surface area contributed by atoms with Crippen LogP contribution in [0.25, 0.3) is 0 Å². The van der Waals surface area contributed by atoms with Gasteiger partial charge in [0.1, 0.15) is 6.23 Å². The van der Waals surface area contributed by atoms with Gasteiger partial charge < -0.3 is 10.5 Å². The molecule has 3 nitrogen and oxygen atoms in total. The molecule has 0 radical (unpaired) electrons. The van der Waals surface area contributed by atoms with Gasteiger partial charge in [-0.25, -0.2) is 0 Å². The Morgan fingerprint density at radius 2 is 2.11 bits per heavy atom. The first-order valence-electron chi connectivity index (χ1n) is 6.88. The van der Waals surface area contributed by atoms with E-state index in [0.717, 1.165) is 24.3 Å². The van der Waals surface area contributed by atoms with Gasteiger partial charge in [-0.15, -0.1) is 0 Å². The van der Waals surface area contributed by atoms with Crippen molar-refractivity contribution in [1.82, 2.24) is 4.98 Å². The lowest BCUT2D eigenvalue weighted by Gasteiger charge is -2.15. The average Bonchev–Trinajstić information content (AvgIpc) is 2.43. The molecule has 0 aliphatic carbocycles. The highest BCUT2D eigenvalue weighted by atomic mass is 16.5. The van der Waals surface area contributed by atoms with Crippen molar-refractivity contribution in [2.24, 2.45) is 11.7 Å². The summed E-state index contributed by atoms with van der Waals surface area (Å²) in [6.45, 7) is 6.68. The van der Waals surface area contributed by atoms with Crippen LogP contribution in [0.1, 0.15) is 56.7 Å².